The molecule has 7 heterocycles. The van der Waals surface area contributed by atoms with Crippen LogP contribution in [0.15, 0.2) is 193 Å². The van der Waals surface area contributed by atoms with Crippen molar-refractivity contribution in [3.63, 3.8) is 0 Å². The Balaban J connectivity index is 0.000000174. The van der Waals surface area contributed by atoms with Crippen LogP contribution < -0.4 is 35.4 Å². The molecule has 0 unspecified atom stereocenters. The predicted octanol–water partition coefficient (Wildman–Crippen LogP) is 19.2. The molecule has 7 aromatic carbocycles. The average Bonchev–Trinajstić information content (AvgIpc) is 1.23. The number of morpholine rings is 1. The Morgan fingerprint density at radius 3 is 1.20 bits per heavy atom. The van der Waals surface area contributed by atoms with E-state index < -0.39 is 10.0 Å². The molecule has 0 saturated carbocycles. The Morgan fingerprint density at radius 2 is 0.792 bits per heavy atom. The number of anilines is 3. The summed E-state index contributed by atoms with van der Waals surface area (Å²) in [6, 6.07) is 60.8. The minimum Gasteiger partial charge on any atom is -0.490 e. The number of β-amino-alcohol motifs (C(OH)–C–C–N with tert-alkyl or cyclic N) is 1. The Kier molecular flexibility index (Phi) is 37.4. The van der Waals surface area contributed by atoms with Crippen molar-refractivity contribution >= 4 is 27.1 Å². The lowest BCUT2D eigenvalue weighted by Crippen LogP contribution is -2.47. The summed E-state index contributed by atoms with van der Waals surface area (Å²) in [7, 11) is -3.31. The van der Waals surface area contributed by atoms with E-state index in [2.05, 4.69) is 341 Å². The van der Waals surface area contributed by atoms with Gasteiger partial charge in [-0.25, -0.2) is 13.4 Å². The van der Waals surface area contributed by atoms with Gasteiger partial charge in [-0.1, -0.05) is 261 Å². The zero-order chi connectivity index (χ0) is 87.4. The lowest BCUT2D eigenvalue weighted by atomic mass is 9.86. The van der Waals surface area contributed by atoms with E-state index in [4.69, 9.17) is 14.6 Å². The second-order valence-electron chi connectivity index (χ2n) is 40.5. The number of hydrogen-bond donors (Lipinski definition) is 4. The van der Waals surface area contributed by atoms with Gasteiger partial charge in [0.25, 0.3) is 0 Å². The van der Waals surface area contributed by atoms with Crippen LogP contribution in [0.4, 0.5) is 17.1 Å². The second kappa shape index (κ2) is 45.8. The van der Waals surface area contributed by atoms with Gasteiger partial charge in [-0.2, -0.15) is 4.31 Å². The van der Waals surface area contributed by atoms with Gasteiger partial charge in [-0.05, 0) is 187 Å². The molecular formula is C103H157N11O5S. The van der Waals surface area contributed by atoms with E-state index in [1.54, 1.807) is 10.4 Å². The number of ether oxygens (including phenoxy) is 2. The van der Waals surface area contributed by atoms with Gasteiger partial charge in [-0.15, -0.1) is 0 Å². The van der Waals surface area contributed by atoms with Crippen molar-refractivity contribution in [1.29, 1.82) is 0 Å². The molecule has 6 aliphatic heterocycles. The summed E-state index contributed by atoms with van der Waals surface area (Å²) in [4.78, 5) is 16.6. The van der Waals surface area contributed by atoms with E-state index in [0.717, 1.165) is 181 Å². The van der Waals surface area contributed by atoms with Gasteiger partial charge in [0.1, 0.15) is 11.9 Å². The summed E-state index contributed by atoms with van der Waals surface area (Å²) in [5.74, 6) is 1.00. The Hall–Kier alpha value is -7.42. The summed E-state index contributed by atoms with van der Waals surface area (Å²) in [6.07, 6.45) is 11.3. The third kappa shape index (κ3) is 33.0. The number of aliphatic hydroxyl groups excluding tert-OH is 1. The van der Waals surface area contributed by atoms with Crippen LogP contribution in [0, 0.1) is 0 Å². The van der Waals surface area contributed by atoms with Crippen molar-refractivity contribution in [3.05, 3.63) is 239 Å². The third-order valence-corrected chi connectivity index (χ3v) is 25.2. The topological polar surface area (TPSA) is 146 Å². The molecular weight excluding hydrogens is 1500 g/mol. The van der Waals surface area contributed by atoms with Crippen LogP contribution in [0.3, 0.4) is 0 Å². The fourth-order valence-electron chi connectivity index (χ4n) is 15.1. The molecule has 660 valence electrons. The lowest BCUT2D eigenvalue weighted by molar-refractivity contribution is 0.0342. The molecule has 0 spiro atoms. The van der Waals surface area contributed by atoms with Crippen LogP contribution in [0.2, 0.25) is 0 Å². The smallest absolute Gasteiger partial charge is 0.243 e. The predicted molar refractivity (Wildman–Crippen MR) is 508 cm³/mol. The molecule has 1 aromatic heterocycles. The van der Waals surface area contributed by atoms with Gasteiger partial charge in [0.2, 0.25) is 10.0 Å². The van der Waals surface area contributed by atoms with Crippen molar-refractivity contribution < 1.29 is 23.0 Å². The van der Waals surface area contributed by atoms with E-state index in [-0.39, 0.29) is 44.5 Å². The average molecular weight is 1660 g/mol. The van der Waals surface area contributed by atoms with Gasteiger partial charge in [0.05, 0.1) is 31.0 Å². The van der Waals surface area contributed by atoms with E-state index in [1.807, 2.05) is 36.9 Å². The fourth-order valence-corrected chi connectivity index (χ4v) is 16.7. The first-order valence-electron chi connectivity index (χ1n) is 45.0. The summed E-state index contributed by atoms with van der Waals surface area (Å²) < 4.78 is 40.2. The maximum atomic E-state index is 12.6. The number of rotatable bonds is 13. The van der Waals surface area contributed by atoms with Crippen molar-refractivity contribution in [2.45, 2.75) is 239 Å². The molecule has 0 atom stereocenters. The second-order valence-corrected chi connectivity index (χ2v) is 42.5. The largest absolute Gasteiger partial charge is 0.490 e. The first-order valence-corrected chi connectivity index (χ1v) is 46.4. The van der Waals surface area contributed by atoms with Crippen molar-refractivity contribution in [3.8, 4) is 5.75 Å². The minimum absolute atomic E-state index is 0.0343. The number of nitrogens with zero attached hydrogens (tertiary/aromatic N) is 8. The maximum absolute atomic E-state index is 12.6. The molecule has 17 heteroatoms. The first kappa shape index (κ1) is 98.0. The standard InChI is InChI=1S/C16H26N2O.C15H23NO2S.2C15H23NO.2C14H22N2.C14H18N2/c1-16(2,3)14-4-6-15(7-5-14)18-10-8-17(9-11-18)12-13-19;1-15(2,3)13-8-7-9-14(12-13)19(17,18)16-10-5-4-6-11-16;1-15(2,3)12-4-6-13(7-5-12)17-14-8-10-16-11-9-14;1-15(2,3)14-6-4-5-13(11-14)12-16-7-9-17-10-8-16;2*1-14(2,3)12-4-6-13(7-5-12)16-10-8-15-9-11-16;1-14(2,3)13-6-4-12(5-7-13)10-16-9-8-15-11-16/h4-7,19H,8-13H2,1-3H3;7-9,12H,4-6,10-11H2,1-3H3;4-7,14,16H,8-11H2,1-3H3;4-6,11H,7-10,12H2,1-3H3;2*4-7,15H,8-11H2,1-3H3;4-9,11H,10H2,1-3H3. The van der Waals surface area contributed by atoms with Crippen LogP contribution in [0.5, 0.6) is 5.75 Å². The van der Waals surface area contributed by atoms with Crippen molar-refractivity contribution in [2.75, 3.05) is 159 Å². The summed E-state index contributed by atoms with van der Waals surface area (Å²) >= 11 is 0. The molecule has 0 radical (unpaired) electrons. The molecule has 4 N–H and O–H groups in total. The van der Waals surface area contributed by atoms with Gasteiger partial charge in [-0.3, -0.25) is 9.80 Å². The number of aliphatic hydroxyl groups is 1. The fraction of sp³-hybridized carbons (Fsp3) is 0.563. The number of hydrogen-bond acceptors (Lipinski definition) is 14. The van der Waals surface area contributed by atoms with Gasteiger partial charge in [0.15, 0.2) is 0 Å². The number of aromatic nitrogens is 2. The Bertz CT molecular complexity index is 4220. The highest BCUT2D eigenvalue weighted by Crippen LogP contribution is 2.33. The van der Waals surface area contributed by atoms with Crippen molar-refractivity contribution in [2.24, 2.45) is 0 Å². The molecule has 0 aliphatic carbocycles. The lowest BCUT2D eigenvalue weighted by Gasteiger charge is -2.36. The minimum atomic E-state index is -3.31. The molecule has 0 bridgehead atoms. The molecule has 16 nitrogen and oxygen atoms in total. The van der Waals surface area contributed by atoms with E-state index in [0.29, 0.717) is 24.1 Å². The zero-order valence-corrected chi connectivity index (χ0v) is 78.9. The maximum Gasteiger partial charge on any atom is 0.243 e. The number of piperazine rings is 3. The zero-order valence-electron chi connectivity index (χ0n) is 78.0. The Labute approximate surface area is 728 Å². The van der Waals surface area contributed by atoms with E-state index in [9.17, 15) is 8.42 Å². The van der Waals surface area contributed by atoms with Gasteiger partial charge in [0, 0.05) is 154 Å². The monoisotopic (exact) mass is 1660 g/mol. The highest BCUT2D eigenvalue weighted by atomic mass is 32.2. The highest BCUT2D eigenvalue weighted by Gasteiger charge is 2.29. The van der Waals surface area contributed by atoms with E-state index in [1.165, 1.54) is 61.6 Å². The van der Waals surface area contributed by atoms with Crippen LogP contribution in [0.1, 0.15) is 228 Å². The summed E-state index contributed by atoms with van der Waals surface area (Å²) in [5, 5.41) is 19.1. The number of nitrogens with one attached hydrogen (secondary N) is 3. The number of imidazole rings is 1. The molecule has 8 aromatic rings. The summed E-state index contributed by atoms with van der Waals surface area (Å²) in [6.45, 7) is 70.1. The summed E-state index contributed by atoms with van der Waals surface area (Å²) in [5.41, 5.74) is 17.5. The first-order chi connectivity index (χ1) is 56.6. The molecule has 6 aliphatic rings. The highest BCUT2D eigenvalue weighted by molar-refractivity contribution is 7.89. The van der Waals surface area contributed by atoms with Crippen LogP contribution in [-0.4, -0.2) is 187 Å². The molecule has 6 saturated heterocycles. The number of piperidine rings is 2. The van der Waals surface area contributed by atoms with Crippen LogP contribution in [-0.2, 0) is 65.8 Å². The number of benzene rings is 7. The van der Waals surface area contributed by atoms with Gasteiger partial charge >= 0.3 is 0 Å². The molecule has 14 rings (SSSR count). The van der Waals surface area contributed by atoms with E-state index >= 15 is 0 Å². The van der Waals surface area contributed by atoms with Crippen LogP contribution >= 0.6 is 0 Å². The molecule has 6 fully saturated rings. The number of sulfonamides is 1. The third-order valence-electron chi connectivity index (χ3n) is 23.3. The normalized spacial score (nSPS) is 17.1. The van der Waals surface area contributed by atoms with Crippen LogP contribution in [0.25, 0.3) is 0 Å². The Morgan fingerprint density at radius 1 is 0.400 bits per heavy atom. The molecule has 0 amide bonds. The van der Waals surface area contributed by atoms with Gasteiger partial charge < -0.3 is 49.8 Å². The quantitative estimate of drug-likeness (QED) is 0.0868. The SMILES string of the molecule is CC(C)(C)c1ccc(Cn2ccnc2)cc1.CC(C)(C)c1ccc(N2CCN(CCO)CC2)cc1.CC(C)(C)c1ccc(N2CCNCC2)cc1.CC(C)(C)c1ccc(N2CCNCC2)cc1.CC(C)(C)c1ccc(OC2CCNCC2)cc1.CC(C)(C)c1cccc(CN2CCOCC2)c1.CC(C)(C)c1cccc(S(=O)(=O)N2CCCCC2)c1. The molecule has 120 heavy (non-hydrogen) atoms. The van der Waals surface area contributed by atoms with Crippen molar-refractivity contribution in [1.82, 2.24) is 39.6 Å².